The molecule has 0 fully saturated rings. The van der Waals surface area contributed by atoms with Crippen LogP contribution in [0.4, 0.5) is 11.4 Å². The molecule has 3 N–H and O–H groups in total. The van der Waals surface area contributed by atoms with Gasteiger partial charge in [0, 0.05) is 33.6 Å². The number of aromatic nitrogens is 1. The van der Waals surface area contributed by atoms with E-state index in [9.17, 15) is 4.79 Å². The highest BCUT2D eigenvalue weighted by Gasteiger charge is 2.04. The van der Waals surface area contributed by atoms with Gasteiger partial charge in [-0.1, -0.05) is 23.7 Å². The summed E-state index contributed by atoms with van der Waals surface area (Å²) in [5.41, 5.74) is 9.91. The number of anilines is 2. The second kappa shape index (κ2) is 6.72. The number of carbonyl (C=O) groups excluding carboxylic acids is 1. The van der Waals surface area contributed by atoms with E-state index in [1.807, 2.05) is 43.3 Å². The minimum absolute atomic E-state index is 0.219. The van der Waals surface area contributed by atoms with Crippen LogP contribution >= 0.6 is 11.6 Å². The van der Waals surface area contributed by atoms with Crippen molar-refractivity contribution in [2.75, 3.05) is 11.1 Å². The number of nitrogens with two attached hydrogens (primary N) is 1. The van der Waals surface area contributed by atoms with Crippen molar-refractivity contribution in [2.24, 2.45) is 0 Å². The molecule has 3 aromatic rings. The number of pyridine rings is 1. The standard InChI is InChI=1S/C19H16ClN3O/c1-12-10-17(21)16-11-15(7-8-18(16)22-12)23-19(24)9-4-13-2-5-14(20)6-3-13/h2-11H,1H3,(H2,21,22)(H,23,24)/b9-4+. The number of halogens is 1. The molecule has 0 aliphatic heterocycles. The van der Waals surface area contributed by atoms with E-state index in [1.54, 1.807) is 18.2 Å². The molecular weight excluding hydrogens is 322 g/mol. The molecule has 0 atom stereocenters. The summed E-state index contributed by atoms with van der Waals surface area (Å²) in [7, 11) is 0. The fourth-order valence-electron chi connectivity index (χ4n) is 2.40. The van der Waals surface area contributed by atoms with Crippen LogP contribution in [0.1, 0.15) is 11.3 Å². The first kappa shape index (κ1) is 16.0. The Morgan fingerprint density at radius 1 is 1.17 bits per heavy atom. The Balaban J connectivity index is 1.76. The Morgan fingerprint density at radius 3 is 2.67 bits per heavy atom. The Hall–Kier alpha value is -2.85. The number of rotatable bonds is 3. The Kier molecular flexibility index (Phi) is 4.49. The normalized spacial score (nSPS) is 11.1. The van der Waals surface area contributed by atoms with Gasteiger partial charge in [0.05, 0.1) is 5.52 Å². The number of benzene rings is 2. The Morgan fingerprint density at radius 2 is 1.92 bits per heavy atom. The van der Waals surface area contributed by atoms with Gasteiger partial charge in [0.1, 0.15) is 0 Å². The highest BCUT2D eigenvalue weighted by atomic mass is 35.5. The molecule has 0 unspecified atom stereocenters. The largest absolute Gasteiger partial charge is 0.398 e. The summed E-state index contributed by atoms with van der Waals surface area (Å²) in [5, 5.41) is 4.30. The van der Waals surface area contributed by atoms with Crippen LogP contribution in [-0.2, 0) is 4.79 Å². The van der Waals surface area contributed by atoms with Gasteiger partial charge >= 0.3 is 0 Å². The lowest BCUT2D eigenvalue weighted by Gasteiger charge is -2.07. The van der Waals surface area contributed by atoms with Crippen LogP contribution in [0.5, 0.6) is 0 Å². The first-order valence-electron chi connectivity index (χ1n) is 7.43. The van der Waals surface area contributed by atoms with Crippen LogP contribution in [0.2, 0.25) is 5.02 Å². The molecule has 1 aromatic heterocycles. The van der Waals surface area contributed by atoms with Crippen molar-refractivity contribution in [1.29, 1.82) is 0 Å². The van der Waals surface area contributed by atoms with Crippen molar-refractivity contribution in [2.45, 2.75) is 6.92 Å². The van der Waals surface area contributed by atoms with Crippen molar-refractivity contribution in [3.05, 3.63) is 70.9 Å². The minimum atomic E-state index is -0.219. The molecule has 4 nitrogen and oxygen atoms in total. The van der Waals surface area contributed by atoms with E-state index in [0.717, 1.165) is 22.2 Å². The SMILES string of the molecule is Cc1cc(N)c2cc(NC(=O)/C=C/c3ccc(Cl)cc3)ccc2n1. The fraction of sp³-hybridized carbons (Fsp3) is 0.0526. The van der Waals surface area contributed by atoms with Gasteiger partial charge in [-0.3, -0.25) is 9.78 Å². The zero-order valence-electron chi connectivity index (χ0n) is 13.1. The average Bonchev–Trinajstić information content (AvgIpc) is 2.55. The quantitative estimate of drug-likeness (QED) is 0.695. The van der Waals surface area contributed by atoms with Gasteiger partial charge in [-0.05, 0) is 55.0 Å². The van der Waals surface area contributed by atoms with Crippen LogP contribution in [0.3, 0.4) is 0 Å². The predicted octanol–water partition coefficient (Wildman–Crippen LogP) is 4.43. The molecule has 0 bridgehead atoms. The Labute approximate surface area is 145 Å². The maximum atomic E-state index is 12.1. The number of aryl methyl sites for hydroxylation is 1. The molecule has 2 aromatic carbocycles. The van der Waals surface area contributed by atoms with Crippen LogP contribution in [0.15, 0.2) is 54.6 Å². The predicted molar refractivity (Wildman–Crippen MR) is 100 cm³/mol. The molecule has 0 saturated heterocycles. The molecule has 0 aliphatic rings. The molecular formula is C19H16ClN3O. The number of fused-ring (bicyclic) bond motifs is 1. The van der Waals surface area contributed by atoms with E-state index >= 15 is 0 Å². The summed E-state index contributed by atoms with van der Waals surface area (Å²) in [5.74, 6) is -0.219. The molecule has 1 heterocycles. The summed E-state index contributed by atoms with van der Waals surface area (Å²) in [6, 6.07) is 14.5. The van der Waals surface area contributed by atoms with Crippen LogP contribution < -0.4 is 11.1 Å². The van der Waals surface area contributed by atoms with Crippen molar-refractivity contribution in [3.8, 4) is 0 Å². The minimum Gasteiger partial charge on any atom is -0.398 e. The van der Waals surface area contributed by atoms with Gasteiger partial charge in [-0.15, -0.1) is 0 Å². The summed E-state index contributed by atoms with van der Waals surface area (Å²) in [4.78, 5) is 16.5. The summed E-state index contributed by atoms with van der Waals surface area (Å²) >= 11 is 5.83. The van der Waals surface area contributed by atoms with Gasteiger partial charge in [-0.25, -0.2) is 0 Å². The Bertz CT molecular complexity index is 933. The zero-order valence-corrected chi connectivity index (χ0v) is 13.8. The third-order valence-corrected chi connectivity index (χ3v) is 3.79. The zero-order chi connectivity index (χ0) is 17.1. The van der Waals surface area contributed by atoms with Gasteiger partial charge in [0.25, 0.3) is 0 Å². The molecule has 0 spiro atoms. The summed E-state index contributed by atoms with van der Waals surface area (Å²) in [6.45, 7) is 1.90. The highest BCUT2D eigenvalue weighted by molar-refractivity contribution is 6.30. The summed E-state index contributed by atoms with van der Waals surface area (Å²) in [6.07, 6.45) is 3.20. The molecule has 5 heteroatoms. The maximum absolute atomic E-state index is 12.1. The first-order valence-corrected chi connectivity index (χ1v) is 7.80. The average molecular weight is 338 g/mol. The molecule has 3 rings (SSSR count). The number of nitrogen functional groups attached to an aromatic ring is 1. The number of hydrogen-bond donors (Lipinski definition) is 2. The number of hydrogen-bond acceptors (Lipinski definition) is 3. The lowest BCUT2D eigenvalue weighted by atomic mass is 10.1. The third-order valence-electron chi connectivity index (χ3n) is 3.53. The number of carbonyl (C=O) groups is 1. The smallest absolute Gasteiger partial charge is 0.248 e. The van der Waals surface area contributed by atoms with Crippen molar-refractivity contribution < 1.29 is 4.79 Å². The van der Waals surface area contributed by atoms with Gasteiger partial charge in [0.2, 0.25) is 5.91 Å². The van der Waals surface area contributed by atoms with Crippen molar-refractivity contribution >= 4 is 45.9 Å². The topological polar surface area (TPSA) is 68.0 Å². The monoisotopic (exact) mass is 337 g/mol. The third kappa shape index (κ3) is 3.73. The maximum Gasteiger partial charge on any atom is 0.248 e. The van der Waals surface area contributed by atoms with E-state index in [1.165, 1.54) is 6.08 Å². The second-order valence-corrected chi connectivity index (χ2v) is 5.90. The fourth-order valence-corrected chi connectivity index (χ4v) is 2.52. The van der Waals surface area contributed by atoms with E-state index in [-0.39, 0.29) is 5.91 Å². The number of nitrogens with zero attached hydrogens (tertiary/aromatic N) is 1. The van der Waals surface area contributed by atoms with Crippen molar-refractivity contribution in [3.63, 3.8) is 0 Å². The van der Waals surface area contributed by atoms with Gasteiger partial charge in [-0.2, -0.15) is 0 Å². The van der Waals surface area contributed by atoms with E-state index in [4.69, 9.17) is 17.3 Å². The second-order valence-electron chi connectivity index (χ2n) is 5.46. The van der Waals surface area contributed by atoms with Gasteiger partial charge < -0.3 is 11.1 Å². The highest BCUT2D eigenvalue weighted by Crippen LogP contribution is 2.24. The molecule has 24 heavy (non-hydrogen) atoms. The van der Waals surface area contributed by atoms with E-state index in [0.29, 0.717) is 16.4 Å². The van der Waals surface area contributed by atoms with E-state index in [2.05, 4.69) is 10.3 Å². The lowest BCUT2D eigenvalue weighted by Crippen LogP contribution is -2.07. The number of nitrogens with one attached hydrogen (secondary N) is 1. The van der Waals surface area contributed by atoms with Crippen LogP contribution in [-0.4, -0.2) is 10.9 Å². The molecule has 1 amide bonds. The van der Waals surface area contributed by atoms with Crippen LogP contribution in [0, 0.1) is 6.92 Å². The molecule has 0 radical (unpaired) electrons. The summed E-state index contributed by atoms with van der Waals surface area (Å²) < 4.78 is 0. The molecule has 0 saturated carbocycles. The molecule has 120 valence electrons. The van der Waals surface area contributed by atoms with Gasteiger partial charge in [0.15, 0.2) is 0 Å². The first-order chi connectivity index (χ1) is 11.5. The lowest BCUT2D eigenvalue weighted by molar-refractivity contribution is -0.111. The van der Waals surface area contributed by atoms with Crippen LogP contribution in [0.25, 0.3) is 17.0 Å². The number of amides is 1. The molecule has 0 aliphatic carbocycles. The van der Waals surface area contributed by atoms with E-state index < -0.39 is 0 Å². The van der Waals surface area contributed by atoms with Crippen molar-refractivity contribution in [1.82, 2.24) is 4.98 Å².